The van der Waals surface area contributed by atoms with E-state index in [4.69, 9.17) is 11.7 Å². The van der Waals surface area contributed by atoms with Crippen molar-refractivity contribution < 1.29 is 9.53 Å². The maximum absolute atomic E-state index is 10.5. The molecule has 11 heavy (non-hydrogen) atoms. The Morgan fingerprint density at radius 3 is 3.00 bits per heavy atom. The lowest BCUT2D eigenvalue weighted by molar-refractivity contribution is -0.115. The van der Waals surface area contributed by atoms with Crippen molar-refractivity contribution >= 4 is 5.78 Å². The molecule has 0 amide bonds. The maximum Gasteiger partial charge on any atom is 0.151 e. The van der Waals surface area contributed by atoms with Crippen LogP contribution in [0.4, 0.5) is 0 Å². The topological polar surface area (TPSA) is 29.5 Å². The number of hydrogen-bond acceptors (Lipinski definition) is 3. The number of rotatable bonds is 2. The second-order valence-electron chi connectivity index (χ2n) is 2.71. The lowest BCUT2D eigenvalue weighted by atomic mass is 10.3. The first-order valence-corrected chi connectivity index (χ1v) is 3.87. The fourth-order valence-corrected chi connectivity index (χ4v) is 1.18. The summed E-state index contributed by atoms with van der Waals surface area (Å²) >= 11 is 0. The zero-order valence-electron chi connectivity index (χ0n) is 6.58. The minimum atomic E-state index is -0.257. The van der Waals surface area contributed by atoms with E-state index in [1.807, 2.05) is 4.90 Å². The largest absolute Gasteiger partial charge is 0.380 e. The lowest BCUT2D eigenvalue weighted by Gasteiger charge is -2.16. The molecule has 0 aliphatic carbocycles. The molecule has 1 fully saturated rings. The highest BCUT2D eigenvalue weighted by molar-refractivity contribution is 5.84. The third-order valence-electron chi connectivity index (χ3n) is 1.69. The summed E-state index contributed by atoms with van der Waals surface area (Å²) in [4.78, 5) is 12.5. The van der Waals surface area contributed by atoms with Gasteiger partial charge in [0.2, 0.25) is 0 Å². The smallest absolute Gasteiger partial charge is 0.151 e. The summed E-state index contributed by atoms with van der Waals surface area (Å²) in [5.74, 6) is -0.257. The van der Waals surface area contributed by atoms with Crippen LogP contribution in [-0.4, -0.2) is 43.5 Å². The van der Waals surface area contributed by atoms with Crippen molar-refractivity contribution in [3.63, 3.8) is 0 Å². The van der Waals surface area contributed by atoms with E-state index < -0.39 is 0 Å². The van der Waals surface area contributed by atoms with Crippen molar-refractivity contribution in [2.24, 2.45) is 0 Å². The monoisotopic (exact) mass is 155 g/mol. The summed E-state index contributed by atoms with van der Waals surface area (Å²) in [6.45, 7) is 8.68. The molecule has 0 N–H and O–H groups in total. The first-order valence-electron chi connectivity index (χ1n) is 3.87. The predicted octanol–water partition coefficient (Wildman–Crippen LogP) is -0.0111. The van der Waals surface area contributed by atoms with E-state index in [-0.39, 0.29) is 5.78 Å². The van der Waals surface area contributed by atoms with Crippen LogP contribution in [0.1, 0.15) is 6.42 Å². The van der Waals surface area contributed by atoms with Crippen LogP contribution in [0.25, 0.3) is 0 Å². The van der Waals surface area contributed by atoms with Gasteiger partial charge in [-0.05, 0) is 6.42 Å². The van der Waals surface area contributed by atoms with Gasteiger partial charge in [-0.25, -0.2) is 0 Å². The van der Waals surface area contributed by atoms with Gasteiger partial charge in [-0.2, -0.15) is 0 Å². The van der Waals surface area contributed by atoms with Gasteiger partial charge in [0.15, 0.2) is 5.78 Å². The van der Waals surface area contributed by atoms with Crippen molar-refractivity contribution in [1.82, 2.24) is 4.90 Å². The van der Waals surface area contributed by atoms with Crippen LogP contribution in [0.15, 0.2) is 0 Å². The second kappa shape index (κ2) is 4.46. The van der Waals surface area contributed by atoms with Gasteiger partial charge in [-0.3, -0.25) is 9.69 Å². The molecular weight excluding hydrogens is 142 g/mol. The van der Waals surface area contributed by atoms with Gasteiger partial charge in [-0.1, -0.05) is 0 Å². The van der Waals surface area contributed by atoms with Gasteiger partial charge in [-0.15, -0.1) is 0 Å². The van der Waals surface area contributed by atoms with E-state index in [0.29, 0.717) is 13.2 Å². The highest BCUT2D eigenvalue weighted by atomic mass is 16.5. The van der Waals surface area contributed by atoms with Gasteiger partial charge < -0.3 is 4.74 Å². The van der Waals surface area contributed by atoms with Crippen LogP contribution < -0.4 is 0 Å². The number of carbonyl (C=O) groups is 1. The molecule has 3 heteroatoms. The molecule has 1 saturated heterocycles. The van der Waals surface area contributed by atoms with E-state index in [1.54, 1.807) is 0 Å². The fourth-order valence-electron chi connectivity index (χ4n) is 1.18. The first kappa shape index (κ1) is 8.68. The SMILES string of the molecule is [CH]C(=O)CN1CCCOCC1. The van der Waals surface area contributed by atoms with Crippen molar-refractivity contribution in [3.8, 4) is 0 Å². The Morgan fingerprint density at radius 1 is 1.45 bits per heavy atom. The molecule has 62 valence electrons. The first-order chi connectivity index (χ1) is 5.29. The summed E-state index contributed by atoms with van der Waals surface area (Å²) in [6.07, 6.45) is 0.993. The van der Waals surface area contributed by atoms with Crippen LogP contribution in [0.3, 0.4) is 0 Å². The number of nitrogens with zero attached hydrogens (tertiary/aromatic N) is 1. The van der Waals surface area contributed by atoms with Crippen LogP contribution >= 0.6 is 0 Å². The van der Waals surface area contributed by atoms with E-state index in [1.165, 1.54) is 0 Å². The third kappa shape index (κ3) is 3.49. The van der Waals surface area contributed by atoms with Gasteiger partial charge >= 0.3 is 0 Å². The Labute approximate surface area is 67.3 Å². The maximum atomic E-state index is 10.5. The van der Waals surface area contributed by atoms with Crippen molar-refractivity contribution in [2.45, 2.75) is 6.42 Å². The molecule has 1 rings (SSSR count). The molecule has 0 aromatic carbocycles. The molecule has 0 unspecified atom stereocenters. The molecule has 0 aromatic heterocycles. The molecule has 1 aliphatic rings. The normalized spacial score (nSPS) is 21.2. The lowest BCUT2D eigenvalue weighted by Crippen LogP contribution is -2.31. The number of Topliss-reactive ketones (excluding diaryl/α,β-unsaturated/α-hetero) is 1. The van der Waals surface area contributed by atoms with E-state index in [9.17, 15) is 4.79 Å². The zero-order chi connectivity index (χ0) is 8.10. The highest BCUT2D eigenvalue weighted by Gasteiger charge is 2.09. The molecule has 0 spiro atoms. The zero-order valence-corrected chi connectivity index (χ0v) is 6.58. The standard InChI is InChI=1S/C8H13NO2/c1-8(10)7-9-3-2-5-11-6-4-9/h1H,2-7H2. The summed E-state index contributed by atoms with van der Waals surface area (Å²) in [5.41, 5.74) is 0. The van der Waals surface area contributed by atoms with E-state index in [2.05, 4.69) is 0 Å². The Kier molecular flexibility index (Phi) is 3.52. The minimum Gasteiger partial charge on any atom is -0.380 e. The fraction of sp³-hybridized carbons (Fsp3) is 0.750. The molecule has 0 bridgehead atoms. The van der Waals surface area contributed by atoms with Gasteiger partial charge in [0, 0.05) is 26.6 Å². The van der Waals surface area contributed by atoms with Crippen LogP contribution in [0.5, 0.6) is 0 Å². The Bertz CT molecular complexity index is 128. The molecule has 1 aliphatic heterocycles. The van der Waals surface area contributed by atoms with E-state index in [0.717, 1.165) is 26.1 Å². The van der Waals surface area contributed by atoms with Gasteiger partial charge in [0.25, 0.3) is 0 Å². The van der Waals surface area contributed by atoms with Gasteiger partial charge in [0.1, 0.15) is 0 Å². The Morgan fingerprint density at radius 2 is 2.27 bits per heavy atom. The predicted molar refractivity (Wildman–Crippen MR) is 41.2 cm³/mol. The van der Waals surface area contributed by atoms with Crippen LogP contribution in [0.2, 0.25) is 0 Å². The Hall–Kier alpha value is -0.410. The Balaban J connectivity index is 2.25. The third-order valence-corrected chi connectivity index (χ3v) is 1.69. The van der Waals surface area contributed by atoms with Crippen LogP contribution in [-0.2, 0) is 9.53 Å². The summed E-state index contributed by atoms with van der Waals surface area (Å²) < 4.78 is 5.21. The average molecular weight is 155 g/mol. The van der Waals surface area contributed by atoms with Crippen molar-refractivity contribution in [2.75, 3.05) is 32.8 Å². The van der Waals surface area contributed by atoms with Crippen molar-refractivity contribution in [1.29, 1.82) is 0 Å². The highest BCUT2D eigenvalue weighted by Crippen LogP contribution is 1.97. The number of hydrogen-bond donors (Lipinski definition) is 0. The molecule has 0 atom stereocenters. The number of ketones is 1. The summed E-state index contributed by atoms with van der Waals surface area (Å²) in [6, 6.07) is 0. The number of ether oxygens (including phenoxy) is 1. The van der Waals surface area contributed by atoms with Gasteiger partial charge in [0.05, 0.1) is 13.2 Å². The minimum absolute atomic E-state index is 0.257. The number of carbonyl (C=O) groups excluding carboxylic acids is 1. The summed E-state index contributed by atoms with van der Waals surface area (Å²) in [5, 5.41) is 0. The summed E-state index contributed by atoms with van der Waals surface area (Å²) in [7, 11) is 0. The average Bonchev–Trinajstić information content (AvgIpc) is 2.14. The molecule has 2 radical (unpaired) electrons. The molecular formula is C8H13NO2. The van der Waals surface area contributed by atoms with E-state index >= 15 is 0 Å². The molecule has 0 aromatic rings. The molecule has 3 nitrogen and oxygen atoms in total. The quantitative estimate of drug-likeness (QED) is 0.561. The molecule has 0 saturated carbocycles. The van der Waals surface area contributed by atoms with Crippen LogP contribution in [0, 0.1) is 6.92 Å². The molecule has 1 heterocycles. The van der Waals surface area contributed by atoms with Crippen molar-refractivity contribution in [3.05, 3.63) is 6.92 Å². The second-order valence-corrected chi connectivity index (χ2v) is 2.71.